The first-order valence-corrected chi connectivity index (χ1v) is 17.9. The maximum absolute atomic E-state index is 14.6. The van der Waals surface area contributed by atoms with Crippen molar-refractivity contribution in [3.8, 4) is 0 Å². The van der Waals surface area contributed by atoms with Gasteiger partial charge in [-0.15, -0.1) is 0 Å². The van der Waals surface area contributed by atoms with E-state index in [2.05, 4.69) is 4.90 Å². The average molecular weight is 638 g/mol. The molecule has 1 saturated carbocycles. The topological polar surface area (TPSA) is 88.6 Å². The molecule has 8 heteroatoms. The van der Waals surface area contributed by atoms with Crippen LogP contribution in [-0.2, 0) is 24.5 Å². The van der Waals surface area contributed by atoms with Crippen LogP contribution in [0.3, 0.4) is 0 Å². The molecule has 0 saturated heterocycles. The third kappa shape index (κ3) is 5.31. The number of benzene rings is 4. The average Bonchev–Trinajstić information content (AvgIpc) is 3.49. The van der Waals surface area contributed by atoms with Gasteiger partial charge in [-0.05, 0) is 66.0 Å². The number of allylic oxidation sites excluding steroid dienone is 2. The Kier molecular flexibility index (Phi) is 8.24. The zero-order valence-electron chi connectivity index (χ0n) is 25.3. The predicted molar refractivity (Wildman–Crippen MR) is 176 cm³/mol. The molecular weight excluding hydrogens is 603 g/mol. The molecule has 0 N–H and O–H groups in total. The van der Waals surface area contributed by atoms with E-state index in [1.54, 1.807) is 43.3 Å². The van der Waals surface area contributed by atoms with E-state index in [-0.39, 0.29) is 41.0 Å². The molecule has 4 aromatic rings. The zero-order valence-corrected chi connectivity index (χ0v) is 26.9. The molecule has 6 nitrogen and oxygen atoms in total. The van der Waals surface area contributed by atoms with Gasteiger partial charge in [0.25, 0.3) is 0 Å². The van der Waals surface area contributed by atoms with E-state index in [9.17, 15) is 21.6 Å². The number of Topliss-reactive ketones (excluding diaryl/α,β-unsaturated/α-hetero) is 1. The lowest BCUT2D eigenvalue weighted by molar-refractivity contribution is -0.117. The number of rotatable bonds is 7. The second-order valence-corrected chi connectivity index (χ2v) is 16.6. The summed E-state index contributed by atoms with van der Waals surface area (Å²) in [6.45, 7) is 4.09. The number of sulfone groups is 2. The molecule has 0 spiro atoms. The Labute approximate surface area is 265 Å². The minimum atomic E-state index is -4.45. The standard InChI is InChI=1S/C37H35NO5S2/c1-27-25-38(36(29-15-7-3-8-16-29)30-17-9-4-10-18-30)26-35(39)28(2)34-24-37(23-33(27)34,44(40,41)31-19-11-5-12-20-31)45(42,43)32-21-13-6-14-22-32/h3-22,36H,23-26H2,1-2H3. The lowest BCUT2D eigenvalue weighted by Crippen LogP contribution is -2.44. The Hall–Kier alpha value is -4.11. The lowest BCUT2D eigenvalue weighted by Gasteiger charge is -2.34. The molecule has 230 valence electrons. The highest BCUT2D eigenvalue weighted by atomic mass is 32.3. The second-order valence-electron chi connectivity index (χ2n) is 11.8. The summed E-state index contributed by atoms with van der Waals surface area (Å²) in [4.78, 5) is 16.0. The number of nitrogens with zero attached hydrogens (tertiary/aromatic N) is 1. The molecule has 2 aliphatic rings. The smallest absolute Gasteiger partial charge is 0.199 e. The molecule has 1 aliphatic heterocycles. The Morgan fingerprint density at radius 2 is 0.978 bits per heavy atom. The van der Waals surface area contributed by atoms with Gasteiger partial charge in [-0.2, -0.15) is 0 Å². The first kappa shape index (κ1) is 30.9. The van der Waals surface area contributed by atoms with E-state index >= 15 is 0 Å². The van der Waals surface area contributed by atoms with Crippen LogP contribution in [0, 0.1) is 0 Å². The highest BCUT2D eigenvalue weighted by Crippen LogP contribution is 2.53. The molecular formula is C37H35NO5S2. The summed E-state index contributed by atoms with van der Waals surface area (Å²) in [5.74, 6) is -0.156. The van der Waals surface area contributed by atoms with Crippen molar-refractivity contribution < 1.29 is 21.6 Å². The monoisotopic (exact) mass is 637 g/mol. The summed E-state index contributed by atoms with van der Waals surface area (Å²) < 4.78 is 56.2. The predicted octanol–water partition coefficient (Wildman–Crippen LogP) is 6.73. The summed E-state index contributed by atoms with van der Waals surface area (Å²) in [6, 6.07) is 35.2. The van der Waals surface area contributed by atoms with Crippen LogP contribution in [0.1, 0.15) is 43.9 Å². The summed E-state index contributed by atoms with van der Waals surface area (Å²) >= 11 is 0. The van der Waals surface area contributed by atoms with Gasteiger partial charge in [0.2, 0.25) is 0 Å². The molecule has 0 bridgehead atoms. The molecule has 4 aromatic carbocycles. The number of hydrogen-bond acceptors (Lipinski definition) is 6. The van der Waals surface area contributed by atoms with E-state index in [1.807, 2.05) is 67.6 Å². The lowest BCUT2D eigenvalue weighted by atomic mass is 9.91. The van der Waals surface area contributed by atoms with Crippen LogP contribution >= 0.6 is 0 Å². The van der Waals surface area contributed by atoms with Gasteiger partial charge in [-0.25, -0.2) is 16.8 Å². The summed E-state index contributed by atoms with van der Waals surface area (Å²) in [6.07, 6.45) is -0.547. The summed E-state index contributed by atoms with van der Waals surface area (Å²) in [5, 5.41) is 0. The van der Waals surface area contributed by atoms with Crippen molar-refractivity contribution in [1.29, 1.82) is 0 Å². The molecule has 0 unspecified atom stereocenters. The van der Waals surface area contributed by atoms with Crippen molar-refractivity contribution in [1.82, 2.24) is 4.90 Å². The van der Waals surface area contributed by atoms with Crippen molar-refractivity contribution in [2.24, 2.45) is 0 Å². The van der Waals surface area contributed by atoms with Crippen LogP contribution in [-0.4, -0.2) is 44.7 Å². The number of ketones is 1. The van der Waals surface area contributed by atoms with Crippen molar-refractivity contribution in [2.75, 3.05) is 13.1 Å². The first-order valence-electron chi connectivity index (χ1n) is 14.9. The van der Waals surface area contributed by atoms with E-state index in [0.29, 0.717) is 23.3 Å². The van der Waals surface area contributed by atoms with Gasteiger partial charge < -0.3 is 0 Å². The maximum atomic E-state index is 14.6. The largest absolute Gasteiger partial charge is 0.293 e. The van der Waals surface area contributed by atoms with E-state index in [4.69, 9.17) is 0 Å². The van der Waals surface area contributed by atoms with E-state index < -0.39 is 23.8 Å². The number of carbonyl (C=O) groups is 1. The van der Waals surface area contributed by atoms with Gasteiger partial charge in [0.15, 0.2) is 29.5 Å². The van der Waals surface area contributed by atoms with Gasteiger partial charge in [0.1, 0.15) is 0 Å². The fraction of sp³-hybridized carbons (Fsp3) is 0.216. The molecule has 1 heterocycles. The van der Waals surface area contributed by atoms with Crippen molar-refractivity contribution >= 4 is 25.5 Å². The van der Waals surface area contributed by atoms with Crippen LogP contribution in [0.5, 0.6) is 0 Å². The van der Waals surface area contributed by atoms with E-state index in [0.717, 1.165) is 16.7 Å². The Morgan fingerprint density at radius 1 is 0.578 bits per heavy atom. The van der Waals surface area contributed by atoms with Crippen molar-refractivity contribution in [3.05, 3.63) is 155 Å². The minimum absolute atomic E-state index is 0.0588. The van der Waals surface area contributed by atoms with Gasteiger partial charge in [0, 0.05) is 19.4 Å². The summed E-state index contributed by atoms with van der Waals surface area (Å²) in [7, 11) is -8.90. The second kappa shape index (κ2) is 12.0. The van der Waals surface area contributed by atoms with Crippen molar-refractivity contribution in [3.63, 3.8) is 0 Å². The number of carbonyl (C=O) groups excluding carboxylic acids is 1. The van der Waals surface area contributed by atoms with Gasteiger partial charge in [-0.3, -0.25) is 9.69 Å². The van der Waals surface area contributed by atoms with Gasteiger partial charge >= 0.3 is 0 Å². The van der Waals surface area contributed by atoms with E-state index in [1.165, 1.54) is 24.3 Å². The minimum Gasteiger partial charge on any atom is -0.293 e. The highest BCUT2D eigenvalue weighted by Gasteiger charge is 2.61. The third-order valence-corrected chi connectivity index (χ3v) is 14.8. The third-order valence-electron chi connectivity index (χ3n) is 9.11. The fourth-order valence-corrected chi connectivity index (χ4v) is 11.7. The van der Waals surface area contributed by atoms with Gasteiger partial charge in [-0.1, -0.05) is 103 Å². The normalized spacial score (nSPS) is 17.7. The van der Waals surface area contributed by atoms with Crippen LogP contribution in [0.4, 0.5) is 0 Å². The van der Waals surface area contributed by atoms with Crippen LogP contribution in [0.25, 0.3) is 0 Å². The highest BCUT2D eigenvalue weighted by molar-refractivity contribution is 8.10. The Bertz CT molecular complexity index is 1890. The molecule has 0 atom stereocenters. The Balaban J connectivity index is 1.54. The fourth-order valence-electron chi connectivity index (χ4n) is 6.73. The first-order chi connectivity index (χ1) is 21.6. The molecule has 45 heavy (non-hydrogen) atoms. The molecule has 0 aromatic heterocycles. The molecule has 6 rings (SSSR count). The van der Waals surface area contributed by atoms with Crippen molar-refractivity contribution in [2.45, 2.75) is 46.6 Å². The molecule has 1 fully saturated rings. The molecule has 1 aliphatic carbocycles. The van der Waals surface area contributed by atoms with Crippen LogP contribution in [0.15, 0.2) is 153 Å². The number of fused-ring (bicyclic) bond motifs is 1. The SMILES string of the molecule is CC1=C2CC(S(=O)(=O)c3ccccc3)(S(=O)(=O)c3ccccc3)CC2=C(C)C(=O)CN(C(c2ccccc2)c2ccccc2)C1. The van der Waals surface area contributed by atoms with Gasteiger partial charge in [0.05, 0.1) is 22.4 Å². The van der Waals surface area contributed by atoms with Crippen LogP contribution in [0.2, 0.25) is 0 Å². The summed E-state index contributed by atoms with van der Waals surface area (Å²) in [5.41, 5.74) is 4.45. The zero-order chi connectivity index (χ0) is 31.8. The maximum Gasteiger partial charge on any atom is 0.199 e. The quantitative estimate of drug-likeness (QED) is 0.223. The molecule has 0 radical (unpaired) electrons. The Morgan fingerprint density at radius 3 is 1.42 bits per heavy atom. The van der Waals surface area contributed by atoms with Crippen LogP contribution < -0.4 is 0 Å². The molecule has 0 amide bonds. The number of hydrogen-bond donors (Lipinski definition) is 0.